The molecule has 0 radical (unpaired) electrons. The molecule has 6 heteroatoms. The van der Waals surface area contributed by atoms with Crippen LogP contribution in [0.2, 0.25) is 0 Å². The smallest absolute Gasteiger partial charge is 0.326 e. The van der Waals surface area contributed by atoms with Gasteiger partial charge in [-0.1, -0.05) is 13.8 Å². The van der Waals surface area contributed by atoms with Gasteiger partial charge in [0.05, 0.1) is 0 Å². The van der Waals surface area contributed by atoms with Crippen molar-refractivity contribution in [3.05, 3.63) is 0 Å². The van der Waals surface area contributed by atoms with Crippen LogP contribution in [0.25, 0.3) is 0 Å². The van der Waals surface area contributed by atoms with Crippen LogP contribution >= 0.6 is 11.8 Å². The average Bonchev–Trinajstić information content (AvgIpc) is 2.14. The van der Waals surface area contributed by atoms with Crippen molar-refractivity contribution in [3.63, 3.8) is 0 Å². The fourth-order valence-corrected chi connectivity index (χ4v) is 1.07. The molecule has 0 aromatic heterocycles. The first kappa shape index (κ1) is 13.9. The molecule has 0 saturated carbocycles. The molecule has 86 valence electrons. The summed E-state index contributed by atoms with van der Waals surface area (Å²) in [7, 11) is 0. The van der Waals surface area contributed by atoms with Crippen LogP contribution in [0, 0.1) is 5.92 Å². The van der Waals surface area contributed by atoms with E-state index in [4.69, 9.17) is 16.9 Å². The summed E-state index contributed by atoms with van der Waals surface area (Å²) in [5.41, 5.74) is 0.0478. The third kappa shape index (κ3) is 5.37. The first-order chi connectivity index (χ1) is 6.88. The Hall–Kier alpha value is -1.10. The summed E-state index contributed by atoms with van der Waals surface area (Å²) in [5.74, 6) is -1.43. The largest absolute Gasteiger partial charge is 0.480 e. The number of carbonyl (C=O) groups excluding carboxylic acids is 1. The van der Waals surface area contributed by atoms with E-state index in [1.807, 2.05) is 13.8 Å². The van der Waals surface area contributed by atoms with E-state index in [0.717, 1.165) is 0 Å². The van der Waals surface area contributed by atoms with Crippen LogP contribution in [-0.4, -0.2) is 28.7 Å². The second-order valence-electron chi connectivity index (χ2n) is 3.66. The summed E-state index contributed by atoms with van der Waals surface area (Å²) in [6.45, 7) is 5.17. The van der Waals surface area contributed by atoms with E-state index >= 15 is 0 Å². The first-order valence-electron chi connectivity index (χ1n) is 4.57. The summed E-state index contributed by atoms with van der Waals surface area (Å²) < 4.78 is 3.16. The average molecular weight is 235 g/mol. The predicted octanol–water partition coefficient (Wildman–Crippen LogP) is 1.22. The van der Waals surface area contributed by atoms with Crippen LogP contribution in [0.3, 0.4) is 0 Å². The monoisotopic (exact) mass is 234 g/mol. The van der Waals surface area contributed by atoms with Crippen LogP contribution in [0.4, 0.5) is 0 Å². The topological polar surface area (TPSA) is 78.8 Å². The number of aliphatic carboxylic acids is 1. The third-order valence-corrected chi connectivity index (χ3v) is 2.02. The number of carboxylic acid groups (broad SMARTS) is 1. The molecule has 0 fully saturated rings. The molecule has 0 bridgehead atoms. The second kappa shape index (κ2) is 6.40. The van der Waals surface area contributed by atoms with Gasteiger partial charge in [-0.15, -0.1) is 0 Å². The Morgan fingerprint density at radius 3 is 2.33 bits per heavy atom. The van der Waals surface area contributed by atoms with Crippen molar-refractivity contribution in [3.8, 4) is 0 Å². The predicted molar refractivity (Wildman–Crippen MR) is 58.0 cm³/mol. The van der Waals surface area contributed by atoms with Crippen LogP contribution in [0.1, 0.15) is 27.2 Å². The maximum atomic E-state index is 11.3. The number of hydrogen-bond donors (Lipinski definition) is 2. The fraction of sp³-hybridized carbons (Fsp3) is 0.667. The summed E-state index contributed by atoms with van der Waals surface area (Å²) in [5, 5.41) is 11.2. The maximum Gasteiger partial charge on any atom is 0.326 e. The number of nitrogens with one attached hydrogen (secondary N) is 1. The normalized spacial score (nSPS) is 13.8. The Morgan fingerprint density at radius 1 is 1.47 bits per heavy atom. The lowest BCUT2D eigenvalue weighted by molar-refractivity contribution is -0.141. The highest BCUT2D eigenvalue weighted by atomic mass is 35.5. The molecule has 0 aliphatic rings. The number of nitrogens with zero attached hydrogens (tertiary/aromatic N) is 1. The Bertz CT molecular complexity index is 277. The highest BCUT2D eigenvalue weighted by molar-refractivity contribution is 6.42. The molecule has 2 N–H and O–H groups in total. The Morgan fingerprint density at radius 2 is 2.00 bits per heavy atom. The molecule has 0 saturated heterocycles. The van der Waals surface area contributed by atoms with Crippen molar-refractivity contribution >= 4 is 29.4 Å². The van der Waals surface area contributed by atoms with Crippen molar-refractivity contribution in [1.29, 1.82) is 0 Å². The minimum Gasteiger partial charge on any atom is -0.480 e. The standard InChI is InChI=1S/C9H15ClN2O3/c1-5(2)4-7(9(14)15)11-8(13)6(3)12-10/h5,7H,4H2,1-3H3,(H,11,13)(H,14,15)/b12-6+/t7-/m0/s1. The number of halogens is 1. The van der Waals surface area contributed by atoms with E-state index in [1.165, 1.54) is 6.92 Å². The van der Waals surface area contributed by atoms with Gasteiger partial charge in [0, 0.05) is 11.8 Å². The van der Waals surface area contributed by atoms with Crippen LogP contribution in [0.15, 0.2) is 4.51 Å². The third-order valence-electron chi connectivity index (χ3n) is 1.77. The van der Waals surface area contributed by atoms with Gasteiger partial charge in [-0.2, -0.15) is 4.51 Å². The van der Waals surface area contributed by atoms with Gasteiger partial charge in [0.25, 0.3) is 5.91 Å². The van der Waals surface area contributed by atoms with Crippen molar-refractivity contribution in [2.45, 2.75) is 33.2 Å². The minimum absolute atomic E-state index is 0.0478. The minimum atomic E-state index is -1.06. The molecular formula is C9H15ClN2O3. The van der Waals surface area contributed by atoms with E-state index in [0.29, 0.717) is 6.42 Å². The fourth-order valence-electron chi connectivity index (χ4n) is 0.994. The molecule has 1 amide bonds. The van der Waals surface area contributed by atoms with Gasteiger partial charge >= 0.3 is 5.97 Å². The molecule has 15 heavy (non-hydrogen) atoms. The quantitative estimate of drug-likeness (QED) is 0.702. The highest BCUT2D eigenvalue weighted by Gasteiger charge is 2.21. The zero-order valence-electron chi connectivity index (χ0n) is 8.95. The van der Waals surface area contributed by atoms with Crippen molar-refractivity contribution in [2.24, 2.45) is 10.4 Å². The van der Waals surface area contributed by atoms with Gasteiger partial charge in [0.2, 0.25) is 0 Å². The summed E-state index contributed by atoms with van der Waals surface area (Å²) >= 11 is 5.10. The van der Waals surface area contributed by atoms with Crippen LogP contribution in [0.5, 0.6) is 0 Å². The molecule has 5 nitrogen and oxygen atoms in total. The van der Waals surface area contributed by atoms with E-state index in [1.54, 1.807) is 0 Å². The van der Waals surface area contributed by atoms with E-state index < -0.39 is 17.9 Å². The SMILES string of the molecule is C/C(=N\Cl)C(=O)N[C@@H](CC(C)C)C(=O)O. The lowest BCUT2D eigenvalue weighted by Gasteiger charge is -2.15. The second-order valence-corrected chi connectivity index (χ2v) is 3.83. The van der Waals surface area contributed by atoms with Crippen molar-refractivity contribution < 1.29 is 14.7 Å². The maximum absolute atomic E-state index is 11.3. The molecular weight excluding hydrogens is 220 g/mol. The molecule has 0 aromatic carbocycles. The summed E-state index contributed by atoms with van der Waals surface area (Å²) in [4.78, 5) is 22.1. The van der Waals surface area contributed by atoms with Gasteiger partial charge in [-0.05, 0) is 19.3 Å². The van der Waals surface area contributed by atoms with E-state index in [2.05, 4.69) is 9.83 Å². The Labute approximate surface area is 93.6 Å². The zero-order valence-corrected chi connectivity index (χ0v) is 9.71. The van der Waals surface area contributed by atoms with Gasteiger partial charge in [-0.25, -0.2) is 4.79 Å². The van der Waals surface area contributed by atoms with E-state index in [9.17, 15) is 9.59 Å². The first-order valence-corrected chi connectivity index (χ1v) is 4.91. The van der Waals surface area contributed by atoms with Crippen molar-refractivity contribution in [1.82, 2.24) is 5.32 Å². The number of amides is 1. The molecule has 0 aliphatic heterocycles. The molecule has 1 atom stereocenters. The number of hydrogen-bond acceptors (Lipinski definition) is 3. The van der Waals surface area contributed by atoms with Gasteiger partial charge in [0.15, 0.2) is 0 Å². The van der Waals surface area contributed by atoms with Crippen LogP contribution < -0.4 is 5.32 Å². The van der Waals surface area contributed by atoms with Crippen LogP contribution in [-0.2, 0) is 9.59 Å². The number of rotatable bonds is 5. The molecule has 0 spiro atoms. The van der Waals surface area contributed by atoms with Gasteiger partial charge in [0.1, 0.15) is 11.8 Å². The lowest BCUT2D eigenvalue weighted by Crippen LogP contribution is -2.44. The van der Waals surface area contributed by atoms with Gasteiger partial charge < -0.3 is 10.4 Å². The Kier molecular flexibility index (Phi) is 5.93. The number of carbonyl (C=O) groups is 2. The lowest BCUT2D eigenvalue weighted by atomic mass is 10.0. The van der Waals surface area contributed by atoms with E-state index in [-0.39, 0.29) is 11.6 Å². The molecule has 0 aliphatic carbocycles. The van der Waals surface area contributed by atoms with Gasteiger partial charge in [-0.3, -0.25) is 4.79 Å². The molecule has 0 rings (SSSR count). The summed E-state index contributed by atoms with van der Waals surface area (Å²) in [6.07, 6.45) is 0.372. The highest BCUT2D eigenvalue weighted by Crippen LogP contribution is 2.05. The zero-order chi connectivity index (χ0) is 12.0. The summed E-state index contributed by atoms with van der Waals surface area (Å²) in [6, 6.07) is -0.897. The molecule has 0 unspecified atom stereocenters. The Balaban J connectivity index is 4.42. The molecule has 0 heterocycles. The molecule has 0 aromatic rings. The van der Waals surface area contributed by atoms with Crippen molar-refractivity contribution in [2.75, 3.05) is 0 Å². The number of carboxylic acids is 1.